The van der Waals surface area contributed by atoms with E-state index in [2.05, 4.69) is 26.1 Å². The number of carbonyl (C=O) groups is 2. The van der Waals surface area contributed by atoms with Crippen molar-refractivity contribution in [2.75, 3.05) is 5.32 Å². The second-order valence-electron chi connectivity index (χ2n) is 5.19. The normalized spacial score (nSPS) is 12.7. The van der Waals surface area contributed by atoms with Crippen LogP contribution in [-0.4, -0.2) is 33.7 Å². The Hall–Kier alpha value is -1.70. The first-order chi connectivity index (χ1) is 8.67. The van der Waals surface area contributed by atoms with E-state index in [4.69, 9.17) is 0 Å². The van der Waals surface area contributed by atoms with E-state index in [9.17, 15) is 9.59 Å². The maximum atomic E-state index is 11.8. The summed E-state index contributed by atoms with van der Waals surface area (Å²) in [5.74, 6) is -0.240. The Balaban J connectivity index is 2.46. The number of aryl methyl sites for hydroxylation is 1. The number of rotatable bonds is 3. The zero-order chi connectivity index (χ0) is 14.6. The highest BCUT2D eigenvalue weighted by molar-refractivity contribution is 7.15. The summed E-state index contributed by atoms with van der Waals surface area (Å²) in [6.07, 6.45) is 0. The van der Waals surface area contributed by atoms with E-state index in [0.717, 1.165) is 5.01 Å². The highest BCUT2D eigenvalue weighted by atomic mass is 32.1. The molecule has 0 aliphatic heterocycles. The summed E-state index contributed by atoms with van der Waals surface area (Å²) < 4.78 is 0. The van der Waals surface area contributed by atoms with Gasteiger partial charge in [0.05, 0.1) is 0 Å². The van der Waals surface area contributed by atoms with Crippen LogP contribution in [0.25, 0.3) is 0 Å². The molecule has 0 aromatic carbocycles. The standard InChI is InChI=1S/C11H19N5O2S/c1-6(8(17)14-11(3,4)5)12-9(18)13-10-16-15-7(2)19-10/h6H,1-5H3,(H,14,17)(H2,12,13,16,18). The van der Waals surface area contributed by atoms with Crippen LogP contribution in [0.5, 0.6) is 0 Å². The molecule has 1 aromatic heterocycles. The van der Waals surface area contributed by atoms with Gasteiger partial charge in [0.2, 0.25) is 11.0 Å². The third-order valence-corrected chi connectivity index (χ3v) is 2.74. The smallest absolute Gasteiger partial charge is 0.321 e. The Morgan fingerprint density at radius 1 is 1.26 bits per heavy atom. The van der Waals surface area contributed by atoms with E-state index >= 15 is 0 Å². The van der Waals surface area contributed by atoms with Crippen molar-refractivity contribution in [2.24, 2.45) is 0 Å². The van der Waals surface area contributed by atoms with E-state index in [1.54, 1.807) is 13.8 Å². The van der Waals surface area contributed by atoms with Gasteiger partial charge in [-0.3, -0.25) is 10.1 Å². The van der Waals surface area contributed by atoms with Crippen LogP contribution >= 0.6 is 11.3 Å². The molecule has 0 aliphatic rings. The molecule has 0 saturated heterocycles. The third-order valence-electron chi connectivity index (χ3n) is 1.99. The van der Waals surface area contributed by atoms with Gasteiger partial charge in [-0.2, -0.15) is 0 Å². The summed E-state index contributed by atoms with van der Waals surface area (Å²) in [6, 6.07) is -1.11. The van der Waals surface area contributed by atoms with E-state index in [-0.39, 0.29) is 11.4 Å². The summed E-state index contributed by atoms with van der Waals surface area (Å²) in [4.78, 5) is 23.4. The Morgan fingerprint density at radius 3 is 2.37 bits per heavy atom. The molecule has 0 spiro atoms. The lowest BCUT2D eigenvalue weighted by Gasteiger charge is -2.23. The number of anilines is 1. The van der Waals surface area contributed by atoms with E-state index in [1.807, 2.05) is 20.8 Å². The number of nitrogens with zero attached hydrogens (tertiary/aromatic N) is 2. The molecule has 0 fully saturated rings. The Bertz CT molecular complexity index is 466. The fourth-order valence-electron chi connectivity index (χ4n) is 1.22. The second kappa shape index (κ2) is 5.96. The molecule has 1 unspecified atom stereocenters. The van der Waals surface area contributed by atoms with Gasteiger partial charge in [-0.25, -0.2) is 4.79 Å². The van der Waals surface area contributed by atoms with Gasteiger partial charge >= 0.3 is 6.03 Å². The minimum Gasteiger partial charge on any atom is -0.350 e. The Morgan fingerprint density at radius 2 is 1.89 bits per heavy atom. The van der Waals surface area contributed by atoms with Crippen molar-refractivity contribution in [1.82, 2.24) is 20.8 Å². The lowest BCUT2D eigenvalue weighted by molar-refractivity contribution is -0.123. The molecule has 0 saturated carbocycles. The molecule has 3 N–H and O–H groups in total. The van der Waals surface area contributed by atoms with Gasteiger partial charge in [0.1, 0.15) is 11.0 Å². The molecule has 1 rings (SSSR count). The quantitative estimate of drug-likeness (QED) is 0.779. The van der Waals surface area contributed by atoms with Crippen LogP contribution in [0.2, 0.25) is 0 Å². The fraction of sp³-hybridized carbons (Fsp3) is 0.636. The number of amides is 3. The van der Waals surface area contributed by atoms with Gasteiger partial charge in [0.25, 0.3) is 0 Å². The highest BCUT2D eigenvalue weighted by Gasteiger charge is 2.20. The minimum atomic E-state index is -0.631. The summed E-state index contributed by atoms with van der Waals surface area (Å²) in [6.45, 7) is 9.04. The summed E-state index contributed by atoms with van der Waals surface area (Å²) >= 11 is 1.27. The number of hydrogen-bond acceptors (Lipinski definition) is 5. The average Bonchev–Trinajstić information content (AvgIpc) is 2.60. The maximum Gasteiger partial charge on any atom is 0.321 e. The summed E-state index contributed by atoms with van der Waals surface area (Å²) in [5.41, 5.74) is -0.333. The summed E-state index contributed by atoms with van der Waals surface area (Å²) in [7, 11) is 0. The minimum absolute atomic E-state index is 0.240. The first-order valence-corrected chi connectivity index (χ1v) is 6.68. The topological polar surface area (TPSA) is 96.0 Å². The van der Waals surface area contributed by atoms with Crippen LogP contribution in [0, 0.1) is 6.92 Å². The number of urea groups is 1. The molecule has 1 aromatic rings. The van der Waals surface area contributed by atoms with Crippen molar-refractivity contribution in [3.05, 3.63) is 5.01 Å². The summed E-state index contributed by atoms with van der Waals surface area (Å²) in [5, 5.41) is 16.6. The zero-order valence-corrected chi connectivity index (χ0v) is 12.5. The van der Waals surface area contributed by atoms with Crippen molar-refractivity contribution in [3.8, 4) is 0 Å². The molecular formula is C11H19N5O2S. The molecule has 8 heteroatoms. The zero-order valence-electron chi connectivity index (χ0n) is 11.7. The SMILES string of the molecule is Cc1nnc(NC(=O)NC(C)C(=O)NC(C)(C)C)s1. The first-order valence-electron chi connectivity index (χ1n) is 5.87. The molecule has 7 nitrogen and oxygen atoms in total. The number of hydrogen-bond donors (Lipinski definition) is 3. The second-order valence-corrected chi connectivity index (χ2v) is 6.37. The number of nitrogens with one attached hydrogen (secondary N) is 3. The van der Waals surface area contributed by atoms with Crippen molar-refractivity contribution in [1.29, 1.82) is 0 Å². The van der Waals surface area contributed by atoms with E-state index in [0.29, 0.717) is 5.13 Å². The molecule has 0 bridgehead atoms. The van der Waals surface area contributed by atoms with Crippen molar-refractivity contribution < 1.29 is 9.59 Å². The monoisotopic (exact) mass is 285 g/mol. The maximum absolute atomic E-state index is 11.8. The lowest BCUT2D eigenvalue weighted by atomic mass is 10.1. The van der Waals surface area contributed by atoms with Crippen LogP contribution in [-0.2, 0) is 4.79 Å². The van der Waals surface area contributed by atoms with Crippen LogP contribution in [0.1, 0.15) is 32.7 Å². The van der Waals surface area contributed by atoms with Crippen molar-refractivity contribution >= 4 is 28.4 Å². The van der Waals surface area contributed by atoms with Gasteiger partial charge in [-0.1, -0.05) is 11.3 Å². The van der Waals surface area contributed by atoms with Crippen molar-refractivity contribution in [3.63, 3.8) is 0 Å². The molecular weight excluding hydrogens is 266 g/mol. The van der Waals surface area contributed by atoms with Gasteiger partial charge in [-0.05, 0) is 34.6 Å². The molecule has 106 valence electrons. The Labute approximate surface area is 116 Å². The highest BCUT2D eigenvalue weighted by Crippen LogP contribution is 2.13. The fourth-order valence-corrected chi connectivity index (χ4v) is 1.81. The predicted molar refractivity (Wildman–Crippen MR) is 74.2 cm³/mol. The van der Waals surface area contributed by atoms with Gasteiger partial charge in [-0.15, -0.1) is 10.2 Å². The van der Waals surface area contributed by atoms with Crippen LogP contribution in [0.3, 0.4) is 0 Å². The molecule has 3 amide bonds. The molecule has 1 atom stereocenters. The van der Waals surface area contributed by atoms with E-state index in [1.165, 1.54) is 11.3 Å². The number of carbonyl (C=O) groups excluding carboxylic acids is 2. The van der Waals surface area contributed by atoms with Crippen LogP contribution in [0.4, 0.5) is 9.93 Å². The molecule has 1 heterocycles. The van der Waals surface area contributed by atoms with Gasteiger partial charge < -0.3 is 10.6 Å². The van der Waals surface area contributed by atoms with Gasteiger partial charge in [0, 0.05) is 5.54 Å². The number of aromatic nitrogens is 2. The average molecular weight is 285 g/mol. The van der Waals surface area contributed by atoms with E-state index < -0.39 is 12.1 Å². The van der Waals surface area contributed by atoms with Crippen molar-refractivity contribution in [2.45, 2.75) is 46.2 Å². The van der Waals surface area contributed by atoms with Crippen LogP contribution < -0.4 is 16.0 Å². The lowest BCUT2D eigenvalue weighted by Crippen LogP contribution is -2.51. The van der Waals surface area contributed by atoms with Crippen LogP contribution in [0.15, 0.2) is 0 Å². The predicted octanol–water partition coefficient (Wildman–Crippen LogP) is 1.27. The first kappa shape index (κ1) is 15.4. The third kappa shape index (κ3) is 5.64. The van der Waals surface area contributed by atoms with Gasteiger partial charge in [0.15, 0.2) is 0 Å². The Kier molecular flexibility index (Phi) is 4.82. The molecule has 0 aliphatic carbocycles. The molecule has 19 heavy (non-hydrogen) atoms. The molecule has 0 radical (unpaired) electrons. The largest absolute Gasteiger partial charge is 0.350 e.